The van der Waals surface area contributed by atoms with Crippen LogP contribution in [0.4, 0.5) is 0 Å². The van der Waals surface area contributed by atoms with Gasteiger partial charge < -0.3 is 19.7 Å². The minimum Gasteiger partial charge on any atom is -0.396 e. The van der Waals surface area contributed by atoms with E-state index in [1.54, 1.807) is 0 Å². The van der Waals surface area contributed by atoms with Crippen molar-refractivity contribution in [3.8, 4) is 0 Å². The topological polar surface area (TPSA) is 58.9 Å². The van der Waals surface area contributed by atoms with E-state index in [9.17, 15) is 10.2 Å². The highest BCUT2D eigenvalue weighted by Crippen LogP contribution is 2.41. The second kappa shape index (κ2) is 11.5. The molecule has 1 heterocycles. The van der Waals surface area contributed by atoms with Gasteiger partial charge in [0.25, 0.3) is 0 Å². The average Bonchev–Trinajstić information content (AvgIpc) is 2.87. The van der Waals surface area contributed by atoms with Crippen LogP contribution < -0.4 is 0 Å². The Bertz CT molecular complexity index is 317. The molecule has 2 fully saturated rings. The lowest BCUT2D eigenvalue weighted by Crippen LogP contribution is -2.31. The number of hydrogen-bond acceptors (Lipinski definition) is 4. The Labute approximate surface area is 147 Å². The number of aliphatic hydroxyl groups excluding tert-OH is 2. The molecule has 1 aliphatic heterocycles. The maximum atomic E-state index is 10.4. The Morgan fingerprint density at radius 1 is 1.00 bits per heavy atom. The van der Waals surface area contributed by atoms with E-state index in [-0.39, 0.29) is 31.0 Å². The smallest absolute Gasteiger partial charge is 0.157 e. The number of rotatable bonds is 11. The lowest BCUT2D eigenvalue weighted by molar-refractivity contribution is -0.196. The Hall–Kier alpha value is -0.160. The molecule has 0 aromatic rings. The summed E-state index contributed by atoms with van der Waals surface area (Å²) in [4.78, 5) is 0. The summed E-state index contributed by atoms with van der Waals surface area (Å²) >= 11 is 0. The molecule has 0 spiro atoms. The summed E-state index contributed by atoms with van der Waals surface area (Å²) in [6.45, 7) is 3.19. The van der Waals surface area contributed by atoms with Gasteiger partial charge in [0.2, 0.25) is 0 Å². The first-order valence-corrected chi connectivity index (χ1v) is 10.3. The van der Waals surface area contributed by atoms with Crippen LogP contribution in [0.25, 0.3) is 0 Å². The van der Waals surface area contributed by atoms with Crippen LogP contribution in [0.2, 0.25) is 0 Å². The van der Waals surface area contributed by atoms with Crippen molar-refractivity contribution in [2.75, 3.05) is 13.2 Å². The van der Waals surface area contributed by atoms with E-state index in [0.717, 1.165) is 25.9 Å². The predicted molar refractivity (Wildman–Crippen MR) is 95.8 cm³/mol. The van der Waals surface area contributed by atoms with Gasteiger partial charge in [-0.3, -0.25) is 0 Å². The van der Waals surface area contributed by atoms with Crippen LogP contribution in [0.1, 0.15) is 84.0 Å². The van der Waals surface area contributed by atoms with E-state index in [1.807, 2.05) is 0 Å². The van der Waals surface area contributed by atoms with Crippen LogP contribution >= 0.6 is 0 Å². The monoisotopic (exact) mass is 342 g/mol. The van der Waals surface area contributed by atoms with Gasteiger partial charge in [-0.2, -0.15) is 0 Å². The minimum absolute atomic E-state index is 0.0871. The fraction of sp³-hybridized carbons (Fsp3) is 1.00. The normalized spacial score (nSPS) is 33.9. The summed E-state index contributed by atoms with van der Waals surface area (Å²) in [5, 5.41) is 19.8. The molecule has 4 heteroatoms. The molecule has 1 aliphatic carbocycles. The highest BCUT2D eigenvalue weighted by atomic mass is 16.7. The van der Waals surface area contributed by atoms with Gasteiger partial charge in [0.05, 0.1) is 12.2 Å². The molecule has 0 aromatic carbocycles. The fourth-order valence-corrected chi connectivity index (χ4v) is 4.43. The summed E-state index contributed by atoms with van der Waals surface area (Å²) in [5.74, 6) is 0.545. The summed E-state index contributed by atoms with van der Waals surface area (Å²) in [6.07, 6.45) is 13.2. The molecule has 2 rings (SSSR count). The van der Waals surface area contributed by atoms with Gasteiger partial charge in [-0.05, 0) is 43.9 Å². The number of hydrogen-bond donors (Lipinski definition) is 2. The predicted octanol–water partition coefficient (Wildman–Crippen LogP) is 4.03. The first-order valence-electron chi connectivity index (χ1n) is 10.3. The quantitative estimate of drug-likeness (QED) is 0.557. The number of unbranched alkanes of at least 4 members (excludes halogenated alkanes) is 5. The number of ether oxygens (including phenoxy) is 2. The first kappa shape index (κ1) is 20.2. The van der Waals surface area contributed by atoms with Crippen LogP contribution in [0, 0.1) is 11.8 Å². The third kappa shape index (κ3) is 6.29. The van der Waals surface area contributed by atoms with Crippen molar-refractivity contribution in [3.05, 3.63) is 0 Å². The zero-order chi connectivity index (χ0) is 17.2. The SMILES string of the molecule is CCCCCCCC[C@H]1[C@H](OC2CCCCO2)CC(O)[C@@H]1CCO. The molecule has 0 radical (unpaired) electrons. The molecular formula is C20H38O4. The molecule has 4 nitrogen and oxygen atoms in total. The van der Waals surface area contributed by atoms with Crippen molar-refractivity contribution in [3.63, 3.8) is 0 Å². The summed E-state index contributed by atoms with van der Waals surface area (Å²) < 4.78 is 12.0. The molecule has 1 saturated carbocycles. The molecule has 5 atom stereocenters. The molecule has 142 valence electrons. The maximum absolute atomic E-state index is 10.4. The second-order valence-corrected chi connectivity index (χ2v) is 7.67. The highest BCUT2D eigenvalue weighted by Gasteiger charge is 2.43. The molecule has 2 N–H and O–H groups in total. The van der Waals surface area contributed by atoms with Gasteiger partial charge in [-0.25, -0.2) is 0 Å². The van der Waals surface area contributed by atoms with Crippen LogP contribution in [-0.2, 0) is 9.47 Å². The molecule has 0 bridgehead atoms. The first-order chi connectivity index (χ1) is 11.8. The third-order valence-electron chi connectivity index (χ3n) is 5.81. The summed E-state index contributed by atoms with van der Waals surface area (Å²) in [7, 11) is 0. The largest absolute Gasteiger partial charge is 0.396 e. The van der Waals surface area contributed by atoms with Crippen molar-refractivity contribution >= 4 is 0 Å². The van der Waals surface area contributed by atoms with Gasteiger partial charge in [-0.15, -0.1) is 0 Å². The molecule has 1 saturated heterocycles. The van der Waals surface area contributed by atoms with E-state index in [1.165, 1.54) is 44.9 Å². The number of aliphatic hydroxyl groups is 2. The summed E-state index contributed by atoms with van der Waals surface area (Å²) in [5.41, 5.74) is 0. The Morgan fingerprint density at radius 3 is 2.50 bits per heavy atom. The van der Waals surface area contributed by atoms with E-state index in [4.69, 9.17) is 9.47 Å². The van der Waals surface area contributed by atoms with E-state index < -0.39 is 0 Å². The van der Waals surface area contributed by atoms with Crippen LogP contribution in [0.15, 0.2) is 0 Å². The molecule has 24 heavy (non-hydrogen) atoms. The van der Waals surface area contributed by atoms with E-state index in [0.29, 0.717) is 18.8 Å². The van der Waals surface area contributed by atoms with Gasteiger partial charge >= 0.3 is 0 Å². The molecular weight excluding hydrogens is 304 g/mol. The maximum Gasteiger partial charge on any atom is 0.157 e. The van der Waals surface area contributed by atoms with Gasteiger partial charge in [0.15, 0.2) is 6.29 Å². The molecule has 2 unspecified atom stereocenters. The van der Waals surface area contributed by atoms with E-state index >= 15 is 0 Å². The molecule has 0 aromatic heterocycles. The highest BCUT2D eigenvalue weighted by molar-refractivity contribution is 4.92. The van der Waals surface area contributed by atoms with Crippen molar-refractivity contribution in [2.45, 2.75) is 102 Å². The van der Waals surface area contributed by atoms with Crippen molar-refractivity contribution < 1.29 is 19.7 Å². The standard InChI is InChI=1S/C20H38O4/c1-2-3-4-5-6-7-10-17-16(12-13-21)18(22)15-19(17)24-20-11-8-9-14-23-20/h16-22H,2-15H2,1H3/t16-,17-,18?,19-,20?/m1/s1. The van der Waals surface area contributed by atoms with Gasteiger partial charge in [0.1, 0.15) is 0 Å². The fourth-order valence-electron chi connectivity index (χ4n) is 4.43. The lowest BCUT2D eigenvalue weighted by Gasteiger charge is -2.30. The van der Waals surface area contributed by atoms with Gasteiger partial charge in [0, 0.05) is 19.6 Å². The van der Waals surface area contributed by atoms with Crippen LogP contribution in [0.5, 0.6) is 0 Å². The van der Waals surface area contributed by atoms with Crippen molar-refractivity contribution in [1.82, 2.24) is 0 Å². The molecule has 0 amide bonds. The van der Waals surface area contributed by atoms with Crippen molar-refractivity contribution in [2.24, 2.45) is 11.8 Å². The van der Waals surface area contributed by atoms with Crippen LogP contribution in [0.3, 0.4) is 0 Å². The molecule has 2 aliphatic rings. The van der Waals surface area contributed by atoms with Crippen molar-refractivity contribution in [1.29, 1.82) is 0 Å². The van der Waals surface area contributed by atoms with Crippen LogP contribution in [-0.4, -0.2) is 41.9 Å². The van der Waals surface area contributed by atoms with Gasteiger partial charge in [-0.1, -0.05) is 45.4 Å². The second-order valence-electron chi connectivity index (χ2n) is 7.67. The Kier molecular flexibility index (Phi) is 9.62. The minimum atomic E-state index is -0.337. The zero-order valence-electron chi connectivity index (χ0n) is 15.5. The third-order valence-corrected chi connectivity index (χ3v) is 5.81. The zero-order valence-corrected chi connectivity index (χ0v) is 15.5. The van der Waals surface area contributed by atoms with E-state index in [2.05, 4.69) is 6.92 Å². The lowest BCUT2D eigenvalue weighted by atomic mass is 9.86. The Morgan fingerprint density at radius 2 is 1.79 bits per heavy atom. The summed E-state index contributed by atoms with van der Waals surface area (Å²) in [6, 6.07) is 0. The Balaban J connectivity index is 1.81. The average molecular weight is 343 g/mol.